The van der Waals surface area contributed by atoms with Crippen LogP contribution in [0.3, 0.4) is 0 Å². The van der Waals surface area contributed by atoms with Crippen LogP contribution in [0.25, 0.3) is 0 Å². The number of benzene rings is 3. The minimum Gasteiger partial charge on any atom is -0.369 e. The van der Waals surface area contributed by atoms with Gasteiger partial charge in [0, 0.05) is 48.1 Å². The number of nitrogens with zero attached hydrogens (tertiary/aromatic N) is 3. The van der Waals surface area contributed by atoms with E-state index >= 15 is 0 Å². The van der Waals surface area contributed by atoms with Crippen LogP contribution in [0.4, 0.5) is 17.1 Å². The number of likely N-dealkylation sites (N-methyl/N-ethyl adjacent to an activating group) is 1. The third kappa shape index (κ3) is 6.54. The Hall–Kier alpha value is -3.07. The Morgan fingerprint density at radius 2 is 1.63 bits per heavy atom. The molecule has 9 heteroatoms. The lowest BCUT2D eigenvalue weighted by Crippen LogP contribution is -2.44. The molecule has 0 aromatic heterocycles. The van der Waals surface area contributed by atoms with Crippen molar-refractivity contribution in [3.8, 4) is 0 Å². The summed E-state index contributed by atoms with van der Waals surface area (Å²) < 4.78 is 26.0. The fourth-order valence-electron chi connectivity index (χ4n) is 3.98. The third-order valence-corrected chi connectivity index (χ3v) is 7.41. The number of carbonyl (C=O) groups is 1. The van der Waals surface area contributed by atoms with E-state index < -0.39 is 10.0 Å². The minimum atomic E-state index is -3.53. The van der Waals surface area contributed by atoms with E-state index in [-0.39, 0.29) is 12.5 Å². The van der Waals surface area contributed by atoms with E-state index in [9.17, 15) is 13.2 Å². The van der Waals surface area contributed by atoms with E-state index in [1.54, 1.807) is 48.5 Å². The lowest BCUT2D eigenvalue weighted by molar-refractivity contribution is 0.102. The first-order chi connectivity index (χ1) is 16.7. The van der Waals surface area contributed by atoms with Gasteiger partial charge in [-0.15, -0.1) is 0 Å². The zero-order chi connectivity index (χ0) is 25.0. The second kappa shape index (κ2) is 10.7. The summed E-state index contributed by atoms with van der Waals surface area (Å²) in [6.45, 7) is 4.19. The lowest BCUT2D eigenvalue weighted by Gasteiger charge is -2.34. The fraction of sp³-hybridized carbons (Fsp3) is 0.269. The maximum Gasteiger partial charge on any atom is 0.255 e. The van der Waals surface area contributed by atoms with Crippen molar-refractivity contribution < 1.29 is 13.2 Å². The molecule has 1 saturated heterocycles. The highest BCUT2D eigenvalue weighted by molar-refractivity contribution is 7.92. The molecule has 0 atom stereocenters. The topological polar surface area (TPSA) is 73.0 Å². The molecule has 1 N–H and O–H groups in total. The maximum atomic E-state index is 12.7. The van der Waals surface area contributed by atoms with Gasteiger partial charge in [-0.2, -0.15) is 0 Å². The molecule has 0 spiro atoms. The molecule has 7 nitrogen and oxygen atoms in total. The van der Waals surface area contributed by atoms with E-state index in [0.29, 0.717) is 16.3 Å². The van der Waals surface area contributed by atoms with Gasteiger partial charge in [-0.25, -0.2) is 8.42 Å². The molecule has 3 aromatic rings. The Morgan fingerprint density at radius 1 is 0.971 bits per heavy atom. The molecule has 0 radical (unpaired) electrons. The number of nitrogens with one attached hydrogen (secondary N) is 1. The first-order valence-electron chi connectivity index (χ1n) is 11.4. The molecule has 184 valence electrons. The molecule has 3 aromatic carbocycles. The Balaban J connectivity index is 1.40. The SMILES string of the molecule is CN1CCN(c2ccc(NC(=O)c3ccc(CN(c4cccc(Cl)c4)S(C)(=O)=O)cc3)cc2)CC1. The highest BCUT2D eigenvalue weighted by atomic mass is 35.5. The van der Waals surface area contributed by atoms with Crippen LogP contribution in [0.5, 0.6) is 0 Å². The van der Waals surface area contributed by atoms with Crippen molar-refractivity contribution in [2.24, 2.45) is 0 Å². The van der Waals surface area contributed by atoms with E-state index in [4.69, 9.17) is 11.6 Å². The van der Waals surface area contributed by atoms with E-state index in [1.807, 2.05) is 24.3 Å². The average Bonchev–Trinajstić information content (AvgIpc) is 2.83. The summed E-state index contributed by atoms with van der Waals surface area (Å²) in [7, 11) is -1.40. The molecule has 1 aliphatic rings. The zero-order valence-electron chi connectivity index (χ0n) is 19.8. The average molecular weight is 513 g/mol. The third-order valence-electron chi connectivity index (χ3n) is 6.03. The first-order valence-corrected chi connectivity index (χ1v) is 13.6. The number of rotatable bonds is 7. The molecule has 1 amide bonds. The van der Waals surface area contributed by atoms with Gasteiger partial charge in [0.05, 0.1) is 18.5 Å². The van der Waals surface area contributed by atoms with Crippen molar-refractivity contribution in [3.05, 3.63) is 88.9 Å². The molecule has 0 saturated carbocycles. The second-order valence-corrected chi connectivity index (χ2v) is 11.1. The predicted octanol–water partition coefficient (Wildman–Crippen LogP) is 4.31. The summed E-state index contributed by atoms with van der Waals surface area (Å²) in [5.41, 5.74) is 3.60. The Bertz CT molecular complexity index is 1270. The van der Waals surface area contributed by atoms with Gasteiger partial charge in [0.15, 0.2) is 0 Å². The molecule has 4 rings (SSSR count). The van der Waals surface area contributed by atoms with Crippen LogP contribution in [0.1, 0.15) is 15.9 Å². The molecule has 0 bridgehead atoms. The summed E-state index contributed by atoms with van der Waals surface area (Å²) in [6, 6.07) is 21.5. The number of hydrogen-bond acceptors (Lipinski definition) is 5. The van der Waals surface area contributed by atoms with Crippen molar-refractivity contribution in [2.75, 3.05) is 54.0 Å². The lowest BCUT2D eigenvalue weighted by atomic mass is 10.1. The molecule has 0 aliphatic carbocycles. The summed E-state index contributed by atoms with van der Waals surface area (Å²) in [4.78, 5) is 17.4. The number of anilines is 3. The number of halogens is 1. The predicted molar refractivity (Wildman–Crippen MR) is 143 cm³/mol. The van der Waals surface area contributed by atoms with Crippen molar-refractivity contribution >= 4 is 44.6 Å². The molecule has 1 heterocycles. The molecular weight excluding hydrogens is 484 g/mol. The maximum absolute atomic E-state index is 12.7. The van der Waals surface area contributed by atoms with Gasteiger partial charge in [-0.05, 0) is 67.2 Å². The molecule has 1 fully saturated rings. The number of sulfonamides is 1. The summed E-state index contributed by atoms with van der Waals surface area (Å²) >= 11 is 6.05. The summed E-state index contributed by atoms with van der Waals surface area (Å²) in [5.74, 6) is -0.223. The van der Waals surface area contributed by atoms with Gasteiger partial charge in [0.2, 0.25) is 10.0 Å². The Morgan fingerprint density at radius 3 is 2.23 bits per heavy atom. The van der Waals surface area contributed by atoms with Crippen LogP contribution in [0.15, 0.2) is 72.8 Å². The smallest absolute Gasteiger partial charge is 0.255 e. The highest BCUT2D eigenvalue weighted by Gasteiger charge is 2.19. The van der Waals surface area contributed by atoms with Gasteiger partial charge in [-0.3, -0.25) is 9.10 Å². The normalized spacial score (nSPS) is 14.5. The van der Waals surface area contributed by atoms with E-state index in [1.165, 1.54) is 4.31 Å². The van der Waals surface area contributed by atoms with Crippen LogP contribution in [0, 0.1) is 0 Å². The van der Waals surface area contributed by atoms with Crippen LogP contribution in [-0.2, 0) is 16.6 Å². The van der Waals surface area contributed by atoms with Crippen molar-refractivity contribution in [3.63, 3.8) is 0 Å². The standard InChI is InChI=1S/C26H29ClN4O3S/c1-29-14-16-30(17-15-29)24-12-10-23(11-13-24)28-26(32)21-8-6-20(7-9-21)19-31(35(2,33)34)25-5-3-4-22(27)18-25/h3-13,18H,14-17,19H2,1-2H3,(H,28,32). The van der Waals surface area contributed by atoms with Gasteiger partial charge in [-0.1, -0.05) is 29.8 Å². The van der Waals surface area contributed by atoms with Gasteiger partial charge in [0.25, 0.3) is 5.91 Å². The molecule has 0 unspecified atom stereocenters. The quantitative estimate of drug-likeness (QED) is 0.510. The van der Waals surface area contributed by atoms with Crippen molar-refractivity contribution in [2.45, 2.75) is 6.54 Å². The van der Waals surface area contributed by atoms with E-state index in [2.05, 4.69) is 22.2 Å². The number of amides is 1. The molecule has 35 heavy (non-hydrogen) atoms. The summed E-state index contributed by atoms with van der Waals surface area (Å²) in [5, 5.41) is 3.38. The van der Waals surface area contributed by atoms with Crippen molar-refractivity contribution in [1.82, 2.24) is 4.90 Å². The van der Waals surface area contributed by atoms with Gasteiger partial charge < -0.3 is 15.1 Å². The van der Waals surface area contributed by atoms with Crippen LogP contribution in [-0.4, -0.2) is 58.7 Å². The number of piperazine rings is 1. The number of hydrogen-bond donors (Lipinski definition) is 1. The minimum absolute atomic E-state index is 0.134. The van der Waals surface area contributed by atoms with Crippen molar-refractivity contribution in [1.29, 1.82) is 0 Å². The number of carbonyl (C=O) groups excluding carboxylic acids is 1. The Kier molecular flexibility index (Phi) is 7.64. The zero-order valence-corrected chi connectivity index (χ0v) is 21.4. The van der Waals surface area contributed by atoms with Gasteiger partial charge >= 0.3 is 0 Å². The van der Waals surface area contributed by atoms with Crippen LogP contribution in [0.2, 0.25) is 5.02 Å². The summed E-state index contributed by atoms with van der Waals surface area (Å²) in [6.07, 6.45) is 1.16. The highest BCUT2D eigenvalue weighted by Crippen LogP contribution is 2.24. The molecular formula is C26H29ClN4O3S. The monoisotopic (exact) mass is 512 g/mol. The largest absolute Gasteiger partial charge is 0.369 e. The van der Waals surface area contributed by atoms with Crippen LogP contribution < -0.4 is 14.5 Å². The van der Waals surface area contributed by atoms with Crippen LogP contribution >= 0.6 is 11.6 Å². The second-order valence-electron chi connectivity index (χ2n) is 8.74. The first kappa shape index (κ1) is 25.0. The van der Waals surface area contributed by atoms with E-state index in [0.717, 1.165) is 49.4 Å². The Labute approximate surface area is 212 Å². The fourth-order valence-corrected chi connectivity index (χ4v) is 5.05. The van der Waals surface area contributed by atoms with Gasteiger partial charge in [0.1, 0.15) is 0 Å². The molecule has 1 aliphatic heterocycles.